The van der Waals surface area contributed by atoms with Gasteiger partial charge in [0.15, 0.2) is 0 Å². The Balaban J connectivity index is 1.46. The van der Waals surface area contributed by atoms with Crippen LogP contribution in [0.4, 0.5) is 0 Å². The van der Waals surface area contributed by atoms with Crippen molar-refractivity contribution < 1.29 is 14.3 Å². The smallest absolute Gasteiger partial charge is 0.220 e. The Morgan fingerprint density at radius 3 is 2.52 bits per heavy atom. The zero-order valence-corrected chi connectivity index (χ0v) is 17.5. The number of hydrogen-bond donors (Lipinski definition) is 1. The zero-order chi connectivity index (χ0) is 20.5. The van der Waals surface area contributed by atoms with Crippen molar-refractivity contribution in [3.8, 4) is 11.5 Å². The molecule has 3 rings (SSSR count). The first kappa shape index (κ1) is 21.2. The molecule has 29 heavy (non-hydrogen) atoms. The van der Waals surface area contributed by atoms with Crippen LogP contribution in [0.2, 0.25) is 0 Å². The number of carbonyl (C=O) groups is 1. The maximum absolute atomic E-state index is 12.4. The minimum Gasteiger partial charge on any atom is -0.497 e. The summed E-state index contributed by atoms with van der Waals surface area (Å²) in [5.74, 6) is 1.82. The van der Waals surface area contributed by atoms with Crippen molar-refractivity contribution in [3.05, 3.63) is 59.7 Å². The Bertz CT molecular complexity index is 770. The summed E-state index contributed by atoms with van der Waals surface area (Å²) in [6.45, 7) is 5.36. The third-order valence-electron chi connectivity index (χ3n) is 5.47. The predicted molar refractivity (Wildman–Crippen MR) is 115 cm³/mol. The molecule has 0 bridgehead atoms. The van der Waals surface area contributed by atoms with Gasteiger partial charge in [-0.05, 0) is 68.6 Å². The monoisotopic (exact) mass is 396 g/mol. The molecule has 0 spiro atoms. The SMILES string of the molecule is COc1ccc(C(CNC(=O)CCCOc2ccccc2C)N2CCCC2)cc1. The number of benzene rings is 2. The van der Waals surface area contributed by atoms with Gasteiger partial charge in [-0.3, -0.25) is 9.69 Å². The number of ether oxygens (including phenoxy) is 2. The molecule has 1 atom stereocenters. The standard InChI is InChI=1S/C24H32N2O3/c1-19-8-3-4-9-23(19)29-17-7-10-24(27)25-18-22(26-15-5-6-16-26)20-11-13-21(28-2)14-12-20/h3-4,8-9,11-14,22H,5-7,10,15-18H2,1-2H3,(H,25,27). The fourth-order valence-electron chi connectivity index (χ4n) is 3.77. The first-order chi connectivity index (χ1) is 14.2. The van der Waals surface area contributed by atoms with E-state index in [2.05, 4.69) is 22.3 Å². The molecular weight excluding hydrogens is 364 g/mol. The van der Waals surface area contributed by atoms with Crippen molar-refractivity contribution in [2.24, 2.45) is 0 Å². The number of carbonyl (C=O) groups excluding carboxylic acids is 1. The molecule has 5 heteroatoms. The van der Waals surface area contributed by atoms with E-state index in [9.17, 15) is 4.79 Å². The molecule has 1 saturated heterocycles. The van der Waals surface area contributed by atoms with E-state index < -0.39 is 0 Å². The van der Waals surface area contributed by atoms with Crippen LogP contribution in [0, 0.1) is 6.92 Å². The molecule has 1 unspecified atom stereocenters. The first-order valence-corrected chi connectivity index (χ1v) is 10.5. The van der Waals surface area contributed by atoms with Crippen molar-refractivity contribution >= 4 is 5.91 Å². The van der Waals surface area contributed by atoms with Gasteiger partial charge in [-0.2, -0.15) is 0 Å². The van der Waals surface area contributed by atoms with Crippen LogP contribution in [0.5, 0.6) is 11.5 Å². The highest BCUT2D eigenvalue weighted by Gasteiger charge is 2.24. The van der Waals surface area contributed by atoms with Crippen LogP contribution in [0.25, 0.3) is 0 Å². The quantitative estimate of drug-likeness (QED) is 0.614. The topological polar surface area (TPSA) is 50.8 Å². The third-order valence-corrected chi connectivity index (χ3v) is 5.47. The minimum absolute atomic E-state index is 0.0797. The number of rotatable bonds is 10. The number of amides is 1. The second-order valence-electron chi connectivity index (χ2n) is 7.55. The molecule has 1 N–H and O–H groups in total. The number of methoxy groups -OCH3 is 1. The average molecular weight is 397 g/mol. The van der Waals surface area contributed by atoms with Crippen molar-refractivity contribution in [1.29, 1.82) is 0 Å². The van der Waals surface area contributed by atoms with E-state index in [0.29, 0.717) is 26.0 Å². The van der Waals surface area contributed by atoms with E-state index in [1.165, 1.54) is 18.4 Å². The zero-order valence-electron chi connectivity index (χ0n) is 17.5. The molecule has 2 aromatic rings. The summed E-state index contributed by atoms with van der Waals surface area (Å²) in [4.78, 5) is 14.8. The molecule has 0 radical (unpaired) electrons. The van der Waals surface area contributed by atoms with Gasteiger partial charge in [0.05, 0.1) is 19.8 Å². The maximum Gasteiger partial charge on any atom is 0.220 e. The lowest BCUT2D eigenvalue weighted by molar-refractivity contribution is -0.121. The maximum atomic E-state index is 12.4. The van der Waals surface area contributed by atoms with Crippen molar-refractivity contribution in [1.82, 2.24) is 10.2 Å². The summed E-state index contributed by atoms with van der Waals surface area (Å²) in [7, 11) is 1.68. The van der Waals surface area contributed by atoms with E-state index in [4.69, 9.17) is 9.47 Å². The number of likely N-dealkylation sites (tertiary alicyclic amines) is 1. The molecule has 5 nitrogen and oxygen atoms in total. The lowest BCUT2D eigenvalue weighted by Gasteiger charge is -2.28. The van der Waals surface area contributed by atoms with Crippen LogP contribution >= 0.6 is 0 Å². The molecule has 2 aromatic carbocycles. The highest BCUT2D eigenvalue weighted by molar-refractivity contribution is 5.75. The van der Waals surface area contributed by atoms with Gasteiger partial charge < -0.3 is 14.8 Å². The van der Waals surface area contributed by atoms with E-state index in [-0.39, 0.29) is 11.9 Å². The third kappa shape index (κ3) is 6.23. The van der Waals surface area contributed by atoms with Gasteiger partial charge in [0, 0.05) is 13.0 Å². The van der Waals surface area contributed by atoms with Crippen molar-refractivity contribution in [3.63, 3.8) is 0 Å². The van der Waals surface area contributed by atoms with Crippen LogP contribution < -0.4 is 14.8 Å². The largest absolute Gasteiger partial charge is 0.497 e. The highest BCUT2D eigenvalue weighted by Crippen LogP contribution is 2.26. The van der Waals surface area contributed by atoms with E-state index in [0.717, 1.165) is 30.2 Å². The van der Waals surface area contributed by atoms with Gasteiger partial charge in [0.1, 0.15) is 11.5 Å². The predicted octanol–water partition coefficient (Wildman–Crippen LogP) is 4.12. The molecule has 0 saturated carbocycles. The minimum atomic E-state index is 0.0797. The molecule has 1 aliphatic rings. The van der Waals surface area contributed by atoms with E-state index in [1.807, 2.05) is 43.3 Å². The number of hydrogen-bond acceptors (Lipinski definition) is 4. The molecule has 1 fully saturated rings. The van der Waals surface area contributed by atoms with Gasteiger partial charge in [-0.1, -0.05) is 30.3 Å². The lowest BCUT2D eigenvalue weighted by atomic mass is 10.1. The summed E-state index contributed by atoms with van der Waals surface area (Å²) in [6, 6.07) is 16.3. The van der Waals surface area contributed by atoms with Crippen LogP contribution in [-0.2, 0) is 4.79 Å². The van der Waals surface area contributed by atoms with Crippen molar-refractivity contribution in [2.75, 3.05) is 33.4 Å². The molecule has 0 aliphatic carbocycles. The number of nitrogens with zero attached hydrogens (tertiary/aromatic N) is 1. The van der Waals surface area contributed by atoms with Crippen molar-refractivity contribution in [2.45, 2.75) is 38.6 Å². The van der Waals surface area contributed by atoms with Crippen LogP contribution in [0.15, 0.2) is 48.5 Å². The summed E-state index contributed by atoms with van der Waals surface area (Å²) in [6.07, 6.45) is 3.62. The Kier molecular flexibility index (Phi) is 7.94. The fraction of sp³-hybridized carbons (Fsp3) is 0.458. The molecule has 1 aliphatic heterocycles. The average Bonchev–Trinajstić information content (AvgIpc) is 3.27. The number of nitrogens with one attached hydrogen (secondary N) is 1. The Morgan fingerprint density at radius 2 is 1.83 bits per heavy atom. The Morgan fingerprint density at radius 1 is 1.10 bits per heavy atom. The van der Waals surface area contributed by atoms with Gasteiger partial charge in [-0.25, -0.2) is 0 Å². The van der Waals surface area contributed by atoms with E-state index >= 15 is 0 Å². The van der Waals surface area contributed by atoms with Crippen LogP contribution in [0.3, 0.4) is 0 Å². The van der Waals surface area contributed by atoms with Crippen LogP contribution in [-0.4, -0.2) is 44.2 Å². The number of para-hydroxylation sites is 1. The normalized spacial score (nSPS) is 15.1. The van der Waals surface area contributed by atoms with E-state index in [1.54, 1.807) is 7.11 Å². The fourth-order valence-corrected chi connectivity index (χ4v) is 3.77. The Labute approximate surface area is 174 Å². The molecule has 1 heterocycles. The molecular formula is C24H32N2O3. The molecule has 156 valence electrons. The summed E-state index contributed by atoms with van der Waals surface area (Å²) < 4.78 is 11.1. The van der Waals surface area contributed by atoms with Gasteiger partial charge in [0.2, 0.25) is 5.91 Å². The van der Waals surface area contributed by atoms with Gasteiger partial charge >= 0.3 is 0 Å². The lowest BCUT2D eigenvalue weighted by Crippen LogP contribution is -2.36. The first-order valence-electron chi connectivity index (χ1n) is 10.5. The second kappa shape index (κ2) is 10.9. The van der Waals surface area contributed by atoms with Gasteiger partial charge in [0.25, 0.3) is 0 Å². The Hall–Kier alpha value is -2.53. The highest BCUT2D eigenvalue weighted by atomic mass is 16.5. The van der Waals surface area contributed by atoms with Crippen LogP contribution in [0.1, 0.15) is 42.9 Å². The summed E-state index contributed by atoms with van der Waals surface area (Å²) in [5.41, 5.74) is 2.33. The summed E-state index contributed by atoms with van der Waals surface area (Å²) >= 11 is 0. The molecule has 1 amide bonds. The summed E-state index contributed by atoms with van der Waals surface area (Å²) in [5, 5.41) is 3.13. The second-order valence-corrected chi connectivity index (χ2v) is 7.55. The molecule has 0 aromatic heterocycles. The van der Waals surface area contributed by atoms with Gasteiger partial charge in [-0.15, -0.1) is 0 Å². The number of aryl methyl sites for hydroxylation is 1.